The second kappa shape index (κ2) is 5.54. The third-order valence-electron chi connectivity index (χ3n) is 1.51. The van der Waals surface area contributed by atoms with E-state index in [1.165, 1.54) is 0 Å². The molecular weight excluding hydrogens is 158 g/mol. The number of rotatable bonds is 6. The summed E-state index contributed by atoms with van der Waals surface area (Å²) >= 11 is 0. The van der Waals surface area contributed by atoms with Gasteiger partial charge in [-0.15, -0.1) is 0 Å². The molecule has 1 atom stereocenters. The lowest BCUT2D eigenvalue weighted by Gasteiger charge is -2.11. The number of nitrogens with one attached hydrogen (secondary N) is 1. The Morgan fingerprint density at radius 2 is 2.00 bits per heavy atom. The van der Waals surface area contributed by atoms with E-state index in [2.05, 4.69) is 5.32 Å². The number of primary amides is 2. The van der Waals surface area contributed by atoms with Crippen LogP contribution in [0.5, 0.6) is 0 Å². The Hall–Kier alpha value is -1.10. The normalized spacial score (nSPS) is 12.4. The molecule has 12 heavy (non-hydrogen) atoms. The van der Waals surface area contributed by atoms with E-state index in [4.69, 9.17) is 11.5 Å². The molecule has 2 amide bonds. The molecule has 0 aliphatic heterocycles. The maximum Gasteiger partial charge on any atom is 0.234 e. The summed E-state index contributed by atoms with van der Waals surface area (Å²) in [6, 6.07) is -0.357. The van der Waals surface area contributed by atoms with Crippen molar-refractivity contribution in [1.29, 1.82) is 0 Å². The molecule has 0 fully saturated rings. The van der Waals surface area contributed by atoms with Gasteiger partial charge in [0.05, 0.1) is 6.04 Å². The third kappa shape index (κ3) is 4.68. The average Bonchev–Trinajstić information content (AvgIpc) is 1.96. The lowest BCUT2D eigenvalue weighted by atomic mass is 10.2. The van der Waals surface area contributed by atoms with Crippen molar-refractivity contribution in [2.75, 3.05) is 6.54 Å². The molecule has 5 N–H and O–H groups in total. The first-order valence-electron chi connectivity index (χ1n) is 3.89. The Morgan fingerprint density at radius 1 is 1.42 bits per heavy atom. The first kappa shape index (κ1) is 10.9. The smallest absolute Gasteiger partial charge is 0.234 e. The molecule has 0 aliphatic carbocycles. The molecule has 0 spiro atoms. The molecule has 0 aromatic rings. The van der Waals surface area contributed by atoms with Crippen molar-refractivity contribution in [2.45, 2.75) is 25.8 Å². The second-order valence-electron chi connectivity index (χ2n) is 2.53. The van der Waals surface area contributed by atoms with Gasteiger partial charge in [-0.05, 0) is 6.42 Å². The van der Waals surface area contributed by atoms with Crippen LogP contribution in [0.25, 0.3) is 0 Å². The highest BCUT2D eigenvalue weighted by atomic mass is 16.1. The van der Waals surface area contributed by atoms with Crippen molar-refractivity contribution in [3.63, 3.8) is 0 Å². The minimum atomic E-state index is -0.401. The summed E-state index contributed by atoms with van der Waals surface area (Å²) in [6.45, 7) is 2.24. The molecule has 0 rings (SSSR count). The highest BCUT2D eigenvalue weighted by Crippen LogP contribution is 1.88. The monoisotopic (exact) mass is 173 g/mol. The molecule has 0 heterocycles. The molecule has 1 unspecified atom stereocenters. The van der Waals surface area contributed by atoms with E-state index in [1.54, 1.807) is 0 Å². The summed E-state index contributed by atoms with van der Waals surface area (Å²) in [7, 11) is 0. The van der Waals surface area contributed by atoms with Gasteiger partial charge in [0.25, 0.3) is 0 Å². The van der Waals surface area contributed by atoms with E-state index in [0.29, 0.717) is 13.0 Å². The van der Waals surface area contributed by atoms with E-state index < -0.39 is 5.91 Å². The number of hydrogen-bond donors (Lipinski definition) is 3. The zero-order valence-electron chi connectivity index (χ0n) is 7.17. The minimum absolute atomic E-state index is 0.226. The Labute approximate surface area is 71.5 Å². The van der Waals surface area contributed by atoms with Crippen molar-refractivity contribution in [3.05, 3.63) is 0 Å². The number of carbonyl (C=O) groups is 2. The SMILES string of the molecule is CCC(NCCC(N)=O)C(N)=O. The van der Waals surface area contributed by atoms with Crippen LogP contribution in [0.3, 0.4) is 0 Å². The van der Waals surface area contributed by atoms with Crippen LogP contribution in [0.4, 0.5) is 0 Å². The molecule has 70 valence electrons. The highest BCUT2D eigenvalue weighted by Gasteiger charge is 2.10. The van der Waals surface area contributed by atoms with Crippen molar-refractivity contribution in [3.8, 4) is 0 Å². The zero-order valence-corrected chi connectivity index (χ0v) is 7.17. The van der Waals surface area contributed by atoms with Crippen LogP contribution in [0, 0.1) is 0 Å². The van der Waals surface area contributed by atoms with E-state index in [0.717, 1.165) is 0 Å². The lowest BCUT2D eigenvalue weighted by Crippen LogP contribution is -2.41. The van der Waals surface area contributed by atoms with Gasteiger partial charge < -0.3 is 16.8 Å². The largest absolute Gasteiger partial charge is 0.370 e. The predicted molar refractivity (Wildman–Crippen MR) is 45.1 cm³/mol. The fourth-order valence-corrected chi connectivity index (χ4v) is 0.816. The number of hydrogen-bond acceptors (Lipinski definition) is 3. The number of amides is 2. The summed E-state index contributed by atoms with van der Waals surface area (Å²) in [4.78, 5) is 21.0. The molecule has 0 bridgehead atoms. The fraction of sp³-hybridized carbons (Fsp3) is 0.714. The van der Waals surface area contributed by atoms with Crippen LogP contribution in [0.2, 0.25) is 0 Å². The van der Waals surface area contributed by atoms with Gasteiger partial charge in [-0.25, -0.2) is 0 Å². The van der Waals surface area contributed by atoms with Gasteiger partial charge in [-0.2, -0.15) is 0 Å². The standard InChI is InChI=1S/C7H15N3O2/c1-2-5(7(9)12)10-4-3-6(8)11/h5,10H,2-4H2,1H3,(H2,8,11)(H2,9,12). The van der Waals surface area contributed by atoms with Crippen LogP contribution in [0.15, 0.2) is 0 Å². The lowest BCUT2D eigenvalue weighted by molar-refractivity contribution is -0.121. The Morgan fingerprint density at radius 3 is 2.33 bits per heavy atom. The summed E-state index contributed by atoms with van der Waals surface area (Å²) in [6.07, 6.45) is 0.845. The molecule has 5 heteroatoms. The summed E-state index contributed by atoms with van der Waals surface area (Å²) in [5.74, 6) is -0.788. The Balaban J connectivity index is 3.59. The maximum atomic E-state index is 10.6. The molecule has 0 saturated carbocycles. The first-order chi connectivity index (χ1) is 5.57. The molecule has 0 saturated heterocycles. The average molecular weight is 173 g/mol. The van der Waals surface area contributed by atoms with Crippen molar-refractivity contribution >= 4 is 11.8 Å². The van der Waals surface area contributed by atoms with E-state index in [1.807, 2.05) is 6.92 Å². The van der Waals surface area contributed by atoms with Gasteiger partial charge >= 0.3 is 0 Å². The van der Waals surface area contributed by atoms with Crippen LogP contribution in [-0.4, -0.2) is 24.4 Å². The number of carbonyl (C=O) groups excluding carboxylic acids is 2. The summed E-state index contributed by atoms with van der Waals surface area (Å²) in [5.41, 5.74) is 9.95. The predicted octanol–water partition coefficient (Wildman–Crippen LogP) is -1.28. The van der Waals surface area contributed by atoms with Gasteiger partial charge in [0, 0.05) is 13.0 Å². The van der Waals surface area contributed by atoms with Crippen molar-refractivity contribution < 1.29 is 9.59 Å². The molecule has 5 nitrogen and oxygen atoms in total. The van der Waals surface area contributed by atoms with Gasteiger partial charge in [0.2, 0.25) is 11.8 Å². The Bertz CT molecular complexity index is 170. The fourth-order valence-electron chi connectivity index (χ4n) is 0.816. The summed E-state index contributed by atoms with van der Waals surface area (Å²) < 4.78 is 0. The van der Waals surface area contributed by atoms with Crippen LogP contribution in [0.1, 0.15) is 19.8 Å². The molecular formula is C7H15N3O2. The molecule has 0 aromatic carbocycles. The quantitative estimate of drug-likeness (QED) is 0.466. The molecule has 0 aliphatic rings. The topological polar surface area (TPSA) is 98.2 Å². The van der Waals surface area contributed by atoms with E-state index in [9.17, 15) is 9.59 Å². The summed E-state index contributed by atoms with van der Waals surface area (Å²) in [5, 5.41) is 2.82. The van der Waals surface area contributed by atoms with Gasteiger partial charge in [0.1, 0.15) is 0 Å². The van der Waals surface area contributed by atoms with Crippen LogP contribution < -0.4 is 16.8 Å². The van der Waals surface area contributed by atoms with Crippen molar-refractivity contribution in [1.82, 2.24) is 5.32 Å². The zero-order chi connectivity index (χ0) is 9.56. The van der Waals surface area contributed by atoms with Crippen molar-refractivity contribution in [2.24, 2.45) is 11.5 Å². The van der Waals surface area contributed by atoms with Crippen LogP contribution >= 0.6 is 0 Å². The first-order valence-corrected chi connectivity index (χ1v) is 3.89. The molecule has 0 aromatic heterocycles. The highest BCUT2D eigenvalue weighted by molar-refractivity contribution is 5.80. The Kier molecular flexibility index (Phi) is 5.03. The molecule has 0 radical (unpaired) electrons. The van der Waals surface area contributed by atoms with E-state index in [-0.39, 0.29) is 18.4 Å². The second-order valence-corrected chi connectivity index (χ2v) is 2.53. The van der Waals surface area contributed by atoms with E-state index >= 15 is 0 Å². The van der Waals surface area contributed by atoms with Gasteiger partial charge in [-0.1, -0.05) is 6.92 Å². The van der Waals surface area contributed by atoms with Gasteiger partial charge in [0.15, 0.2) is 0 Å². The number of nitrogens with two attached hydrogens (primary N) is 2. The third-order valence-corrected chi connectivity index (χ3v) is 1.51. The minimum Gasteiger partial charge on any atom is -0.370 e. The maximum absolute atomic E-state index is 10.6. The van der Waals surface area contributed by atoms with Gasteiger partial charge in [-0.3, -0.25) is 9.59 Å². The van der Waals surface area contributed by atoms with Crippen LogP contribution in [-0.2, 0) is 9.59 Å².